The molecule has 0 bridgehead atoms. The molecule has 1 aliphatic heterocycles. The largest absolute Gasteiger partial charge is 0.378 e. The highest BCUT2D eigenvalue weighted by Crippen LogP contribution is 2.27. The molecular weight excluding hydrogens is 236 g/mol. The minimum atomic E-state index is 0.823. The van der Waals surface area contributed by atoms with Gasteiger partial charge in [0.1, 0.15) is 0 Å². The van der Waals surface area contributed by atoms with E-state index in [-0.39, 0.29) is 0 Å². The number of morpholine rings is 1. The first kappa shape index (κ1) is 12.2. The highest BCUT2D eigenvalue weighted by molar-refractivity contribution is 5.69. The molecule has 1 aromatic carbocycles. The van der Waals surface area contributed by atoms with Gasteiger partial charge in [0.15, 0.2) is 0 Å². The molecule has 0 unspecified atom stereocenters. The lowest BCUT2D eigenvalue weighted by molar-refractivity contribution is 0.122. The van der Waals surface area contributed by atoms with Crippen LogP contribution in [0.3, 0.4) is 0 Å². The first-order valence-corrected chi connectivity index (χ1v) is 6.68. The van der Waals surface area contributed by atoms with Gasteiger partial charge >= 0.3 is 0 Å². The van der Waals surface area contributed by atoms with E-state index < -0.39 is 0 Å². The number of aromatic nitrogens is 1. The van der Waals surface area contributed by atoms with Gasteiger partial charge in [0, 0.05) is 36.7 Å². The number of rotatable bonds is 2. The topological polar surface area (TPSA) is 25.4 Å². The predicted octanol–water partition coefficient (Wildman–Crippen LogP) is 2.89. The summed E-state index contributed by atoms with van der Waals surface area (Å²) in [5.74, 6) is 0. The smallest absolute Gasteiger partial charge is 0.0642 e. The van der Waals surface area contributed by atoms with E-state index in [2.05, 4.69) is 41.1 Å². The Labute approximate surface area is 113 Å². The van der Waals surface area contributed by atoms with E-state index in [1.54, 1.807) is 6.20 Å². The molecule has 0 amide bonds. The van der Waals surface area contributed by atoms with Crippen molar-refractivity contribution in [3.8, 4) is 11.1 Å². The molecule has 1 aromatic heterocycles. The highest BCUT2D eigenvalue weighted by atomic mass is 16.5. The minimum absolute atomic E-state index is 0.823. The molecule has 2 heterocycles. The number of hydrogen-bond donors (Lipinski definition) is 0. The second-order valence-corrected chi connectivity index (χ2v) is 4.84. The fraction of sp³-hybridized carbons (Fsp3) is 0.312. The Morgan fingerprint density at radius 3 is 2.68 bits per heavy atom. The molecule has 3 nitrogen and oxygen atoms in total. The zero-order valence-electron chi connectivity index (χ0n) is 11.2. The molecule has 0 saturated carbocycles. The molecule has 0 radical (unpaired) electrons. The molecule has 3 rings (SSSR count). The molecule has 0 aliphatic carbocycles. The third-order valence-corrected chi connectivity index (χ3v) is 3.56. The summed E-state index contributed by atoms with van der Waals surface area (Å²) in [5.41, 5.74) is 5.00. The fourth-order valence-electron chi connectivity index (χ4n) is 2.51. The molecule has 19 heavy (non-hydrogen) atoms. The second-order valence-electron chi connectivity index (χ2n) is 4.84. The van der Waals surface area contributed by atoms with E-state index in [1.165, 1.54) is 22.4 Å². The Morgan fingerprint density at radius 2 is 2.00 bits per heavy atom. The summed E-state index contributed by atoms with van der Waals surface area (Å²) in [4.78, 5) is 6.57. The van der Waals surface area contributed by atoms with Gasteiger partial charge in [-0.25, -0.2) is 0 Å². The first-order valence-electron chi connectivity index (χ1n) is 6.68. The monoisotopic (exact) mass is 254 g/mol. The van der Waals surface area contributed by atoms with Crippen molar-refractivity contribution in [3.05, 3.63) is 48.3 Å². The molecule has 0 spiro atoms. The van der Waals surface area contributed by atoms with Gasteiger partial charge in [-0.3, -0.25) is 4.98 Å². The lowest BCUT2D eigenvalue weighted by Crippen LogP contribution is -2.36. The summed E-state index contributed by atoms with van der Waals surface area (Å²) in [7, 11) is 0. The Bertz CT molecular complexity index is 548. The number of benzene rings is 1. The van der Waals surface area contributed by atoms with E-state index >= 15 is 0 Å². The quantitative estimate of drug-likeness (QED) is 0.824. The molecule has 98 valence electrons. The zero-order chi connectivity index (χ0) is 13.1. The average molecular weight is 254 g/mol. The van der Waals surface area contributed by atoms with Gasteiger partial charge in [-0.2, -0.15) is 0 Å². The van der Waals surface area contributed by atoms with Crippen LogP contribution in [0.5, 0.6) is 0 Å². The molecule has 0 atom stereocenters. The van der Waals surface area contributed by atoms with Crippen molar-refractivity contribution in [3.63, 3.8) is 0 Å². The Kier molecular flexibility index (Phi) is 3.47. The summed E-state index contributed by atoms with van der Waals surface area (Å²) in [6, 6.07) is 10.7. The number of aryl methyl sites for hydroxylation is 1. The van der Waals surface area contributed by atoms with Crippen molar-refractivity contribution in [2.75, 3.05) is 31.2 Å². The first-order chi connectivity index (χ1) is 9.34. The third-order valence-electron chi connectivity index (χ3n) is 3.56. The molecule has 1 fully saturated rings. The Balaban J connectivity index is 1.89. The average Bonchev–Trinajstić information content (AvgIpc) is 2.49. The van der Waals surface area contributed by atoms with Crippen molar-refractivity contribution < 1.29 is 4.74 Å². The van der Waals surface area contributed by atoms with Gasteiger partial charge in [-0.1, -0.05) is 12.1 Å². The van der Waals surface area contributed by atoms with E-state index in [4.69, 9.17) is 4.74 Å². The lowest BCUT2D eigenvalue weighted by atomic mass is 10.0. The molecule has 1 aliphatic rings. The summed E-state index contributed by atoms with van der Waals surface area (Å²) in [6.45, 7) is 5.76. The Hall–Kier alpha value is -1.87. The van der Waals surface area contributed by atoms with Crippen LogP contribution < -0.4 is 4.90 Å². The normalized spacial score (nSPS) is 15.5. The molecule has 3 heteroatoms. The van der Waals surface area contributed by atoms with Crippen LogP contribution >= 0.6 is 0 Å². The highest BCUT2D eigenvalue weighted by Gasteiger charge is 2.12. The minimum Gasteiger partial charge on any atom is -0.378 e. The predicted molar refractivity (Wildman–Crippen MR) is 77.4 cm³/mol. The van der Waals surface area contributed by atoms with Crippen LogP contribution in [0.25, 0.3) is 11.1 Å². The lowest BCUT2D eigenvalue weighted by Gasteiger charge is -2.29. The summed E-state index contributed by atoms with van der Waals surface area (Å²) < 4.78 is 5.39. The van der Waals surface area contributed by atoms with Crippen LogP contribution in [-0.4, -0.2) is 31.3 Å². The van der Waals surface area contributed by atoms with Gasteiger partial charge in [0.2, 0.25) is 0 Å². The maximum Gasteiger partial charge on any atom is 0.0642 e. The standard InChI is InChI=1S/C16H18N2O/c1-13-11-15(18-7-9-19-10-8-18)4-5-16(13)14-3-2-6-17-12-14/h2-6,11-12H,7-10H2,1H3. The molecular formula is C16H18N2O. The molecule has 2 aromatic rings. The van der Waals surface area contributed by atoms with Crippen LogP contribution in [0.4, 0.5) is 5.69 Å². The van der Waals surface area contributed by atoms with Gasteiger partial charge in [0.25, 0.3) is 0 Å². The molecule has 0 N–H and O–H groups in total. The zero-order valence-corrected chi connectivity index (χ0v) is 11.2. The SMILES string of the molecule is Cc1cc(N2CCOCC2)ccc1-c1cccnc1. The summed E-state index contributed by atoms with van der Waals surface area (Å²) >= 11 is 0. The number of ether oxygens (including phenoxy) is 1. The Morgan fingerprint density at radius 1 is 1.16 bits per heavy atom. The number of anilines is 1. The third kappa shape index (κ3) is 2.61. The number of nitrogens with zero attached hydrogens (tertiary/aromatic N) is 2. The maximum atomic E-state index is 5.39. The molecule has 1 saturated heterocycles. The van der Waals surface area contributed by atoms with Crippen LogP contribution in [0.1, 0.15) is 5.56 Å². The summed E-state index contributed by atoms with van der Waals surface area (Å²) in [5, 5.41) is 0. The fourth-order valence-corrected chi connectivity index (χ4v) is 2.51. The van der Waals surface area contributed by atoms with Crippen molar-refractivity contribution in [2.45, 2.75) is 6.92 Å². The van der Waals surface area contributed by atoms with Crippen molar-refractivity contribution in [1.29, 1.82) is 0 Å². The summed E-state index contributed by atoms with van der Waals surface area (Å²) in [6.07, 6.45) is 3.72. The van der Waals surface area contributed by atoms with Gasteiger partial charge < -0.3 is 9.64 Å². The van der Waals surface area contributed by atoms with E-state index in [0.29, 0.717) is 0 Å². The van der Waals surface area contributed by atoms with E-state index in [0.717, 1.165) is 26.3 Å². The van der Waals surface area contributed by atoms with Crippen LogP contribution in [0, 0.1) is 6.92 Å². The number of pyridine rings is 1. The van der Waals surface area contributed by atoms with E-state index in [1.807, 2.05) is 12.3 Å². The van der Waals surface area contributed by atoms with Gasteiger partial charge in [-0.15, -0.1) is 0 Å². The van der Waals surface area contributed by atoms with Crippen LogP contribution in [0.2, 0.25) is 0 Å². The van der Waals surface area contributed by atoms with Crippen LogP contribution in [-0.2, 0) is 4.74 Å². The van der Waals surface area contributed by atoms with Gasteiger partial charge in [0.05, 0.1) is 13.2 Å². The second kappa shape index (κ2) is 5.41. The van der Waals surface area contributed by atoms with Crippen molar-refractivity contribution >= 4 is 5.69 Å². The van der Waals surface area contributed by atoms with E-state index in [9.17, 15) is 0 Å². The van der Waals surface area contributed by atoms with Crippen LogP contribution in [0.15, 0.2) is 42.7 Å². The maximum absolute atomic E-state index is 5.39. The van der Waals surface area contributed by atoms with Gasteiger partial charge in [-0.05, 0) is 36.2 Å². The number of hydrogen-bond acceptors (Lipinski definition) is 3. The van der Waals surface area contributed by atoms with Crippen molar-refractivity contribution in [2.24, 2.45) is 0 Å². The van der Waals surface area contributed by atoms with Crippen molar-refractivity contribution in [1.82, 2.24) is 4.98 Å².